The summed E-state index contributed by atoms with van der Waals surface area (Å²) in [4.78, 5) is 11.0. The zero-order valence-corrected chi connectivity index (χ0v) is 11.0. The molecule has 3 nitrogen and oxygen atoms in total. The van der Waals surface area contributed by atoms with E-state index < -0.39 is 0 Å². The number of hydrazine groups is 1. The Hall–Kier alpha value is -1.35. The monoisotopic (exact) mass is 246 g/mol. The van der Waals surface area contributed by atoms with E-state index in [0.29, 0.717) is 12.0 Å². The van der Waals surface area contributed by atoms with Gasteiger partial charge in [-0.15, -0.1) is 0 Å². The fourth-order valence-electron chi connectivity index (χ4n) is 2.72. The van der Waals surface area contributed by atoms with Crippen LogP contribution >= 0.6 is 0 Å². The van der Waals surface area contributed by atoms with Gasteiger partial charge in [-0.1, -0.05) is 43.2 Å². The maximum absolute atomic E-state index is 11.0. The second kappa shape index (κ2) is 6.55. The van der Waals surface area contributed by atoms with Crippen LogP contribution in [0, 0.1) is 0 Å². The van der Waals surface area contributed by atoms with Crippen molar-refractivity contribution >= 4 is 5.91 Å². The summed E-state index contributed by atoms with van der Waals surface area (Å²) >= 11 is 0. The van der Waals surface area contributed by atoms with E-state index in [2.05, 4.69) is 41.2 Å². The molecule has 3 heteroatoms. The predicted octanol–water partition coefficient (Wildman–Crippen LogP) is 2.74. The molecule has 18 heavy (non-hydrogen) atoms. The van der Waals surface area contributed by atoms with Gasteiger partial charge in [0.2, 0.25) is 5.91 Å². The first-order chi connectivity index (χ1) is 8.75. The molecule has 1 saturated carbocycles. The Bertz CT molecular complexity index is 377. The highest BCUT2D eigenvalue weighted by Gasteiger charge is 2.21. The minimum Gasteiger partial charge on any atom is -0.292 e. The summed E-state index contributed by atoms with van der Waals surface area (Å²) in [6.07, 6.45) is 6.01. The van der Waals surface area contributed by atoms with Crippen molar-refractivity contribution in [3.8, 4) is 0 Å². The molecule has 1 aromatic rings. The van der Waals surface area contributed by atoms with Crippen LogP contribution in [0.5, 0.6) is 0 Å². The van der Waals surface area contributed by atoms with Gasteiger partial charge in [0, 0.05) is 13.0 Å². The normalized spacial score (nSPS) is 24.3. The van der Waals surface area contributed by atoms with Gasteiger partial charge in [-0.25, -0.2) is 5.43 Å². The Morgan fingerprint density at radius 1 is 1.17 bits per heavy atom. The van der Waals surface area contributed by atoms with Crippen LogP contribution in [0.3, 0.4) is 0 Å². The first-order valence-corrected chi connectivity index (χ1v) is 6.83. The van der Waals surface area contributed by atoms with E-state index in [0.717, 1.165) is 12.8 Å². The lowest BCUT2D eigenvalue weighted by Crippen LogP contribution is -2.43. The molecule has 2 atom stereocenters. The van der Waals surface area contributed by atoms with Crippen molar-refractivity contribution < 1.29 is 4.79 Å². The topological polar surface area (TPSA) is 41.1 Å². The molecule has 0 aromatic heterocycles. The lowest BCUT2D eigenvalue weighted by atomic mass is 9.90. The van der Waals surface area contributed by atoms with Crippen molar-refractivity contribution in [2.24, 2.45) is 0 Å². The average Bonchev–Trinajstić information content (AvgIpc) is 2.63. The molecule has 0 aliphatic heterocycles. The van der Waals surface area contributed by atoms with Gasteiger partial charge in [-0.05, 0) is 30.7 Å². The highest BCUT2D eigenvalue weighted by molar-refractivity contribution is 5.72. The summed E-state index contributed by atoms with van der Waals surface area (Å²) in [6, 6.07) is 11.1. The first-order valence-electron chi connectivity index (χ1n) is 6.83. The van der Waals surface area contributed by atoms with Gasteiger partial charge in [0.15, 0.2) is 0 Å². The first kappa shape index (κ1) is 13.1. The zero-order valence-electron chi connectivity index (χ0n) is 11.0. The van der Waals surface area contributed by atoms with E-state index in [4.69, 9.17) is 0 Å². The number of amides is 1. The number of carbonyl (C=O) groups excluding carboxylic acids is 1. The van der Waals surface area contributed by atoms with E-state index in [1.165, 1.54) is 24.8 Å². The standard InChI is InChI=1S/C15H22N2O/c1-12(18)16-17-15-10-6-5-9-14(11-15)13-7-3-2-4-8-13/h2-4,7-8,14-15,17H,5-6,9-11H2,1H3,(H,16,18)/t14-,15-/m0/s1. The number of rotatable bonds is 3. The lowest BCUT2D eigenvalue weighted by Gasteiger charge is -2.21. The molecular formula is C15H22N2O. The zero-order chi connectivity index (χ0) is 12.8. The third-order valence-electron chi connectivity index (χ3n) is 3.65. The van der Waals surface area contributed by atoms with Crippen LogP contribution in [0.4, 0.5) is 0 Å². The van der Waals surface area contributed by atoms with Crippen molar-refractivity contribution in [1.29, 1.82) is 0 Å². The van der Waals surface area contributed by atoms with E-state index in [1.807, 2.05) is 0 Å². The molecule has 1 aliphatic rings. The molecule has 1 amide bonds. The molecule has 0 saturated heterocycles. The smallest absolute Gasteiger partial charge is 0.230 e. The van der Waals surface area contributed by atoms with Crippen molar-refractivity contribution in [1.82, 2.24) is 10.9 Å². The Kier molecular flexibility index (Phi) is 4.76. The van der Waals surface area contributed by atoms with Crippen LogP contribution in [-0.4, -0.2) is 11.9 Å². The number of hydrogen-bond donors (Lipinski definition) is 2. The Morgan fingerprint density at radius 3 is 2.61 bits per heavy atom. The molecule has 0 bridgehead atoms. The van der Waals surface area contributed by atoms with Gasteiger partial charge in [0.25, 0.3) is 0 Å². The number of benzene rings is 1. The van der Waals surface area contributed by atoms with Gasteiger partial charge in [0.1, 0.15) is 0 Å². The SMILES string of the molecule is CC(=O)NN[C@H]1CCCC[C@H](c2ccccc2)C1. The van der Waals surface area contributed by atoms with Gasteiger partial charge >= 0.3 is 0 Å². The Morgan fingerprint density at radius 2 is 1.89 bits per heavy atom. The van der Waals surface area contributed by atoms with E-state index in [1.54, 1.807) is 6.92 Å². The predicted molar refractivity (Wildman–Crippen MR) is 73.0 cm³/mol. The van der Waals surface area contributed by atoms with Crippen molar-refractivity contribution in [2.45, 2.75) is 51.0 Å². The molecule has 2 rings (SSSR count). The molecule has 1 aromatic carbocycles. The molecule has 1 aliphatic carbocycles. The quantitative estimate of drug-likeness (QED) is 0.636. The van der Waals surface area contributed by atoms with Crippen LogP contribution in [0.1, 0.15) is 50.5 Å². The van der Waals surface area contributed by atoms with Crippen LogP contribution in [0.25, 0.3) is 0 Å². The summed E-state index contributed by atoms with van der Waals surface area (Å²) < 4.78 is 0. The van der Waals surface area contributed by atoms with Crippen molar-refractivity contribution in [3.63, 3.8) is 0 Å². The highest BCUT2D eigenvalue weighted by Crippen LogP contribution is 2.31. The fourth-order valence-corrected chi connectivity index (χ4v) is 2.72. The number of hydrogen-bond acceptors (Lipinski definition) is 2. The minimum atomic E-state index is -0.0180. The molecule has 0 spiro atoms. The van der Waals surface area contributed by atoms with Crippen LogP contribution in [0.15, 0.2) is 30.3 Å². The number of carbonyl (C=O) groups is 1. The minimum absolute atomic E-state index is 0.0180. The Labute approximate surface area is 109 Å². The maximum atomic E-state index is 11.0. The fraction of sp³-hybridized carbons (Fsp3) is 0.533. The Balaban J connectivity index is 1.97. The third kappa shape index (κ3) is 3.84. The average molecular weight is 246 g/mol. The third-order valence-corrected chi connectivity index (χ3v) is 3.65. The second-order valence-electron chi connectivity index (χ2n) is 5.15. The maximum Gasteiger partial charge on any atom is 0.230 e. The summed E-state index contributed by atoms with van der Waals surface area (Å²) in [5, 5.41) is 0. The number of nitrogens with one attached hydrogen (secondary N) is 2. The second-order valence-corrected chi connectivity index (χ2v) is 5.15. The van der Waals surface area contributed by atoms with Gasteiger partial charge in [-0.3, -0.25) is 10.2 Å². The highest BCUT2D eigenvalue weighted by atomic mass is 16.2. The molecule has 2 N–H and O–H groups in total. The van der Waals surface area contributed by atoms with Crippen LogP contribution < -0.4 is 10.9 Å². The molecular weight excluding hydrogens is 224 g/mol. The summed E-state index contributed by atoms with van der Waals surface area (Å²) in [5.74, 6) is 0.593. The molecule has 0 heterocycles. The van der Waals surface area contributed by atoms with Crippen molar-refractivity contribution in [2.75, 3.05) is 0 Å². The molecule has 0 unspecified atom stereocenters. The van der Waals surface area contributed by atoms with E-state index >= 15 is 0 Å². The summed E-state index contributed by atoms with van der Waals surface area (Å²) in [5.41, 5.74) is 7.31. The van der Waals surface area contributed by atoms with E-state index in [9.17, 15) is 4.79 Å². The molecule has 98 valence electrons. The summed E-state index contributed by atoms with van der Waals surface area (Å²) in [7, 11) is 0. The van der Waals surface area contributed by atoms with Crippen molar-refractivity contribution in [3.05, 3.63) is 35.9 Å². The van der Waals surface area contributed by atoms with Gasteiger partial charge in [0.05, 0.1) is 0 Å². The van der Waals surface area contributed by atoms with Gasteiger partial charge < -0.3 is 0 Å². The summed E-state index contributed by atoms with van der Waals surface area (Å²) in [6.45, 7) is 1.54. The lowest BCUT2D eigenvalue weighted by molar-refractivity contribution is -0.120. The van der Waals surface area contributed by atoms with Gasteiger partial charge in [-0.2, -0.15) is 0 Å². The van der Waals surface area contributed by atoms with E-state index in [-0.39, 0.29) is 5.91 Å². The molecule has 0 radical (unpaired) electrons. The van der Waals surface area contributed by atoms with Crippen LogP contribution in [0.2, 0.25) is 0 Å². The largest absolute Gasteiger partial charge is 0.292 e. The van der Waals surface area contributed by atoms with Crippen LogP contribution in [-0.2, 0) is 4.79 Å². The molecule has 1 fully saturated rings.